The number of nitrogens with zero attached hydrogens (tertiary/aromatic N) is 2. The quantitative estimate of drug-likeness (QED) is 0.925. The molecule has 1 amide bonds. The van der Waals surface area contributed by atoms with Gasteiger partial charge in [-0.2, -0.15) is 0 Å². The van der Waals surface area contributed by atoms with Crippen LogP contribution in [0, 0.1) is 6.92 Å². The summed E-state index contributed by atoms with van der Waals surface area (Å²) in [7, 11) is 0. The number of anilines is 1. The largest absolute Gasteiger partial charge is 0.368 e. The fourth-order valence-corrected chi connectivity index (χ4v) is 3.91. The van der Waals surface area contributed by atoms with Crippen molar-refractivity contribution >= 4 is 11.7 Å². The van der Waals surface area contributed by atoms with Gasteiger partial charge in [0.2, 0.25) is 5.91 Å². The average molecular weight is 341 g/mol. The molecule has 0 unspecified atom stereocenters. The van der Waals surface area contributed by atoms with Crippen LogP contribution < -0.4 is 5.32 Å². The highest BCUT2D eigenvalue weighted by atomic mass is 16.5. The molecule has 2 aliphatic rings. The van der Waals surface area contributed by atoms with Crippen molar-refractivity contribution in [1.29, 1.82) is 0 Å². The molecule has 1 aromatic carbocycles. The minimum absolute atomic E-state index is 0.0411. The van der Waals surface area contributed by atoms with Crippen molar-refractivity contribution in [1.82, 2.24) is 10.1 Å². The molecule has 2 aromatic rings. The van der Waals surface area contributed by atoms with Gasteiger partial charge in [-0.05, 0) is 30.9 Å². The van der Waals surface area contributed by atoms with Gasteiger partial charge in [-0.25, -0.2) is 0 Å². The van der Waals surface area contributed by atoms with Crippen LogP contribution in [0.2, 0.25) is 0 Å². The zero-order valence-electron chi connectivity index (χ0n) is 14.5. The molecule has 1 fully saturated rings. The second-order valence-electron chi connectivity index (χ2n) is 6.90. The number of rotatable bonds is 4. The summed E-state index contributed by atoms with van der Waals surface area (Å²) in [4.78, 5) is 14.5. The standard InChI is InChI=1S/C19H23N3O3/c1-14-12-17(21-25-14)20-18(23)7-9-22-10-11-24-19(13-22)8-6-15-4-2-3-5-16(15)19/h2-5,12H,6-11,13H2,1H3,(H,20,21,23)/t19-/m0/s1. The number of ether oxygens (including phenoxy) is 1. The molecule has 25 heavy (non-hydrogen) atoms. The summed E-state index contributed by atoms with van der Waals surface area (Å²) in [5.41, 5.74) is 2.51. The van der Waals surface area contributed by atoms with E-state index in [2.05, 4.69) is 39.6 Å². The van der Waals surface area contributed by atoms with E-state index in [1.165, 1.54) is 11.1 Å². The van der Waals surface area contributed by atoms with Gasteiger partial charge in [-0.1, -0.05) is 29.4 Å². The first kappa shape index (κ1) is 16.3. The molecule has 1 aromatic heterocycles. The lowest BCUT2D eigenvalue weighted by Crippen LogP contribution is -2.49. The third-order valence-electron chi connectivity index (χ3n) is 5.12. The molecule has 1 aliphatic carbocycles. The molecular formula is C19H23N3O3. The lowest BCUT2D eigenvalue weighted by atomic mass is 9.93. The van der Waals surface area contributed by atoms with Crippen LogP contribution in [0.25, 0.3) is 0 Å². The maximum atomic E-state index is 12.1. The van der Waals surface area contributed by atoms with Crippen LogP contribution >= 0.6 is 0 Å². The van der Waals surface area contributed by atoms with Gasteiger partial charge in [0.25, 0.3) is 0 Å². The molecule has 1 atom stereocenters. The topological polar surface area (TPSA) is 67.6 Å². The summed E-state index contributed by atoms with van der Waals surface area (Å²) in [5.74, 6) is 1.12. The lowest BCUT2D eigenvalue weighted by Gasteiger charge is -2.41. The van der Waals surface area contributed by atoms with E-state index in [4.69, 9.17) is 9.26 Å². The number of hydrogen-bond donors (Lipinski definition) is 1. The predicted molar refractivity (Wildman–Crippen MR) is 93.3 cm³/mol. The number of amides is 1. The van der Waals surface area contributed by atoms with E-state index in [1.54, 1.807) is 13.0 Å². The highest BCUT2D eigenvalue weighted by Gasteiger charge is 2.43. The number of fused-ring (bicyclic) bond motifs is 2. The van der Waals surface area contributed by atoms with Crippen LogP contribution in [0.3, 0.4) is 0 Å². The third-order valence-corrected chi connectivity index (χ3v) is 5.12. The molecule has 1 aliphatic heterocycles. The van der Waals surface area contributed by atoms with Crippen LogP contribution in [0.1, 0.15) is 29.7 Å². The second kappa shape index (κ2) is 6.61. The van der Waals surface area contributed by atoms with Crippen LogP contribution in [-0.4, -0.2) is 42.2 Å². The number of benzene rings is 1. The van der Waals surface area contributed by atoms with E-state index in [0.29, 0.717) is 24.6 Å². The summed E-state index contributed by atoms with van der Waals surface area (Å²) < 4.78 is 11.2. The normalized spacial score (nSPS) is 22.9. The van der Waals surface area contributed by atoms with E-state index in [-0.39, 0.29) is 11.5 Å². The Morgan fingerprint density at radius 3 is 3.12 bits per heavy atom. The van der Waals surface area contributed by atoms with Gasteiger partial charge in [0.05, 0.1) is 6.61 Å². The number of hydrogen-bond acceptors (Lipinski definition) is 5. The summed E-state index contributed by atoms with van der Waals surface area (Å²) >= 11 is 0. The van der Waals surface area contributed by atoms with Crippen molar-refractivity contribution in [3.05, 3.63) is 47.2 Å². The van der Waals surface area contributed by atoms with Crippen molar-refractivity contribution in [2.45, 2.75) is 31.8 Å². The van der Waals surface area contributed by atoms with Crippen molar-refractivity contribution in [2.24, 2.45) is 0 Å². The molecule has 132 valence electrons. The number of nitrogens with one attached hydrogen (secondary N) is 1. The fraction of sp³-hybridized carbons (Fsp3) is 0.474. The molecule has 2 heterocycles. The fourth-order valence-electron chi connectivity index (χ4n) is 3.91. The first-order chi connectivity index (χ1) is 12.1. The number of carbonyl (C=O) groups excluding carboxylic acids is 1. The molecule has 1 spiro atoms. The number of aromatic nitrogens is 1. The molecule has 0 bridgehead atoms. The predicted octanol–water partition coefficient (Wildman–Crippen LogP) is 2.49. The molecule has 4 rings (SSSR count). The number of morpholine rings is 1. The van der Waals surface area contributed by atoms with Gasteiger partial charge in [-0.3, -0.25) is 9.69 Å². The number of carbonyl (C=O) groups is 1. The Balaban J connectivity index is 1.35. The van der Waals surface area contributed by atoms with Gasteiger partial charge in [0.15, 0.2) is 5.82 Å². The summed E-state index contributed by atoms with van der Waals surface area (Å²) in [5, 5.41) is 6.57. The van der Waals surface area contributed by atoms with Gasteiger partial charge in [0.1, 0.15) is 11.4 Å². The Morgan fingerprint density at radius 1 is 1.40 bits per heavy atom. The van der Waals surface area contributed by atoms with Crippen LogP contribution in [0.15, 0.2) is 34.9 Å². The van der Waals surface area contributed by atoms with E-state index >= 15 is 0 Å². The Labute approximate surface area is 147 Å². The average Bonchev–Trinajstić information content (AvgIpc) is 3.18. The van der Waals surface area contributed by atoms with Crippen LogP contribution in [0.4, 0.5) is 5.82 Å². The maximum absolute atomic E-state index is 12.1. The van der Waals surface area contributed by atoms with Crippen molar-refractivity contribution < 1.29 is 14.1 Å². The molecule has 1 N–H and O–H groups in total. The second-order valence-corrected chi connectivity index (χ2v) is 6.90. The summed E-state index contributed by atoms with van der Waals surface area (Å²) in [6, 6.07) is 10.3. The molecule has 0 radical (unpaired) electrons. The highest BCUT2D eigenvalue weighted by Crippen LogP contribution is 2.42. The Hall–Kier alpha value is -2.18. The summed E-state index contributed by atoms with van der Waals surface area (Å²) in [6.45, 7) is 4.93. The van der Waals surface area contributed by atoms with E-state index in [0.717, 1.165) is 32.5 Å². The SMILES string of the molecule is Cc1cc(NC(=O)CCN2CCO[C@@]3(CCc4ccccc43)C2)no1. The zero-order valence-corrected chi connectivity index (χ0v) is 14.5. The minimum atomic E-state index is -0.200. The Morgan fingerprint density at radius 2 is 2.28 bits per heavy atom. The van der Waals surface area contributed by atoms with Crippen molar-refractivity contribution in [2.75, 3.05) is 31.6 Å². The van der Waals surface area contributed by atoms with Crippen molar-refractivity contribution in [3.8, 4) is 0 Å². The van der Waals surface area contributed by atoms with Crippen LogP contribution in [-0.2, 0) is 21.6 Å². The lowest BCUT2D eigenvalue weighted by molar-refractivity contribution is -0.122. The molecule has 0 saturated carbocycles. The Bertz CT molecular complexity index is 769. The first-order valence-corrected chi connectivity index (χ1v) is 8.82. The molecule has 1 saturated heterocycles. The minimum Gasteiger partial charge on any atom is -0.368 e. The van der Waals surface area contributed by atoms with E-state index in [9.17, 15) is 4.79 Å². The summed E-state index contributed by atoms with van der Waals surface area (Å²) in [6.07, 6.45) is 2.52. The monoisotopic (exact) mass is 341 g/mol. The van der Waals surface area contributed by atoms with Gasteiger partial charge in [0, 0.05) is 32.1 Å². The van der Waals surface area contributed by atoms with Gasteiger partial charge in [-0.15, -0.1) is 0 Å². The maximum Gasteiger partial charge on any atom is 0.226 e. The van der Waals surface area contributed by atoms with Gasteiger partial charge < -0.3 is 14.6 Å². The van der Waals surface area contributed by atoms with Crippen LogP contribution in [0.5, 0.6) is 0 Å². The number of aryl methyl sites for hydroxylation is 2. The Kier molecular flexibility index (Phi) is 4.31. The molecule has 6 nitrogen and oxygen atoms in total. The third kappa shape index (κ3) is 3.32. The van der Waals surface area contributed by atoms with Crippen molar-refractivity contribution in [3.63, 3.8) is 0 Å². The smallest absolute Gasteiger partial charge is 0.226 e. The van der Waals surface area contributed by atoms with E-state index < -0.39 is 0 Å². The molecule has 6 heteroatoms. The highest BCUT2D eigenvalue weighted by molar-refractivity contribution is 5.89. The van der Waals surface area contributed by atoms with Gasteiger partial charge >= 0.3 is 0 Å². The zero-order chi connectivity index (χ0) is 17.3. The first-order valence-electron chi connectivity index (χ1n) is 8.82. The van der Waals surface area contributed by atoms with E-state index in [1.807, 2.05) is 0 Å². The molecular weight excluding hydrogens is 318 g/mol.